The third kappa shape index (κ3) is 4.03. The van der Waals surface area contributed by atoms with Crippen molar-refractivity contribution < 1.29 is 9.18 Å². The minimum absolute atomic E-state index is 0.0456. The second-order valence-corrected chi connectivity index (χ2v) is 5.56. The van der Waals surface area contributed by atoms with Gasteiger partial charge in [0.05, 0.1) is 0 Å². The first-order valence-corrected chi connectivity index (χ1v) is 6.80. The molecule has 1 aliphatic heterocycles. The van der Waals surface area contributed by atoms with Gasteiger partial charge in [-0.15, -0.1) is 0 Å². The zero-order valence-corrected chi connectivity index (χ0v) is 11.3. The molecule has 0 aliphatic carbocycles. The lowest BCUT2D eigenvalue weighted by atomic mass is 9.95. The van der Waals surface area contributed by atoms with Gasteiger partial charge in [0.2, 0.25) is 5.91 Å². The average Bonchev–Trinajstić information content (AvgIpc) is 2.79. The van der Waals surface area contributed by atoms with Crippen molar-refractivity contribution in [2.75, 3.05) is 13.1 Å². The first-order valence-electron chi connectivity index (χ1n) is 6.80. The number of likely N-dealkylation sites (tertiary alicyclic amines) is 1. The molecule has 0 aromatic heterocycles. The first-order chi connectivity index (χ1) is 9.04. The maximum atomic E-state index is 12.8. The number of nitrogens with two attached hydrogens (primary N) is 1. The molecular formula is C15H21FN2O. The molecule has 1 amide bonds. The molecule has 19 heavy (non-hydrogen) atoms. The van der Waals surface area contributed by atoms with Crippen LogP contribution >= 0.6 is 0 Å². The van der Waals surface area contributed by atoms with E-state index >= 15 is 0 Å². The molecule has 1 aliphatic rings. The van der Waals surface area contributed by atoms with Gasteiger partial charge in [-0.2, -0.15) is 0 Å². The number of halogens is 1. The Morgan fingerprint density at radius 2 is 2.16 bits per heavy atom. The molecule has 0 bridgehead atoms. The number of amides is 1. The fourth-order valence-corrected chi connectivity index (χ4v) is 2.71. The summed E-state index contributed by atoms with van der Waals surface area (Å²) in [5.74, 6) is 0.0917. The Balaban J connectivity index is 1.82. The zero-order valence-electron chi connectivity index (χ0n) is 11.3. The van der Waals surface area contributed by atoms with E-state index in [1.54, 1.807) is 0 Å². The van der Waals surface area contributed by atoms with Gasteiger partial charge in [-0.05, 0) is 43.0 Å². The Morgan fingerprint density at radius 3 is 2.79 bits per heavy atom. The number of hydrogen-bond donors (Lipinski definition) is 1. The van der Waals surface area contributed by atoms with Crippen molar-refractivity contribution in [2.45, 2.75) is 26.3 Å². The summed E-state index contributed by atoms with van der Waals surface area (Å²) in [4.78, 5) is 13.4. The van der Waals surface area contributed by atoms with Gasteiger partial charge in [-0.25, -0.2) is 4.39 Å². The number of carbonyl (C=O) groups is 1. The summed E-state index contributed by atoms with van der Waals surface area (Å²) < 4.78 is 12.8. The Hall–Kier alpha value is -1.42. The van der Waals surface area contributed by atoms with E-state index in [1.807, 2.05) is 19.1 Å². The van der Waals surface area contributed by atoms with E-state index in [1.165, 1.54) is 12.1 Å². The van der Waals surface area contributed by atoms with Crippen LogP contribution in [0.25, 0.3) is 0 Å². The van der Waals surface area contributed by atoms with Crippen molar-refractivity contribution in [1.82, 2.24) is 4.90 Å². The maximum absolute atomic E-state index is 12.8. The van der Waals surface area contributed by atoms with Crippen LogP contribution in [0.15, 0.2) is 24.3 Å². The third-order valence-corrected chi connectivity index (χ3v) is 3.86. The highest BCUT2D eigenvalue weighted by Gasteiger charge is 2.25. The number of carbonyl (C=O) groups excluding carboxylic acids is 1. The number of hydrogen-bond acceptors (Lipinski definition) is 2. The molecule has 104 valence electrons. The van der Waals surface area contributed by atoms with Gasteiger partial charge < -0.3 is 5.73 Å². The van der Waals surface area contributed by atoms with E-state index in [0.29, 0.717) is 5.92 Å². The number of rotatable bonds is 5. The van der Waals surface area contributed by atoms with E-state index < -0.39 is 0 Å². The number of primary amides is 1. The van der Waals surface area contributed by atoms with Gasteiger partial charge in [-0.1, -0.05) is 19.1 Å². The second-order valence-electron chi connectivity index (χ2n) is 5.56. The Bertz CT molecular complexity index is 432. The molecule has 1 aromatic carbocycles. The molecule has 1 saturated heterocycles. The highest BCUT2D eigenvalue weighted by atomic mass is 19.1. The molecule has 0 saturated carbocycles. The van der Waals surface area contributed by atoms with Crippen molar-refractivity contribution >= 4 is 5.91 Å². The minimum Gasteiger partial charge on any atom is -0.369 e. The maximum Gasteiger partial charge on any atom is 0.220 e. The Kier molecular flexibility index (Phi) is 4.53. The topological polar surface area (TPSA) is 46.3 Å². The lowest BCUT2D eigenvalue weighted by Gasteiger charge is -2.17. The van der Waals surface area contributed by atoms with Crippen LogP contribution in [0.4, 0.5) is 4.39 Å². The summed E-state index contributed by atoms with van der Waals surface area (Å²) in [6.45, 7) is 4.77. The average molecular weight is 264 g/mol. The van der Waals surface area contributed by atoms with Crippen molar-refractivity contribution in [1.29, 1.82) is 0 Å². The quantitative estimate of drug-likeness (QED) is 0.886. The highest BCUT2D eigenvalue weighted by Crippen LogP contribution is 2.24. The smallest absolute Gasteiger partial charge is 0.220 e. The van der Waals surface area contributed by atoms with Crippen LogP contribution in [-0.4, -0.2) is 23.9 Å². The fraction of sp³-hybridized carbons (Fsp3) is 0.533. The van der Waals surface area contributed by atoms with E-state index in [4.69, 9.17) is 5.73 Å². The van der Waals surface area contributed by atoms with Crippen LogP contribution in [0.5, 0.6) is 0 Å². The number of benzene rings is 1. The molecular weight excluding hydrogens is 243 g/mol. The van der Waals surface area contributed by atoms with Gasteiger partial charge in [-0.3, -0.25) is 9.69 Å². The van der Waals surface area contributed by atoms with Gasteiger partial charge in [0.25, 0.3) is 0 Å². The van der Waals surface area contributed by atoms with Crippen LogP contribution in [0.3, 0.4) is 0 Å². The normalized spacial score (nSPS) is 21.5. The van der Waals surface area contributed by atoms with Crippen molar-refractivity contribution in [3.8, 4) is 0 Å². The van der Waals surface area contributed by atoms with Crippen LogP contribution in [0.2, 0.25) is 0 Å². The minimum atomic E-state index is -0.211. The third-order valence-electron chi connectivity index (χ3n) is 3.86. The summed E-state index contributed by atoms with van der Waals surface area (Å²) in [7, 11) is 0. The molecule has 2 unspecified atom stereocenters. The summed E-state index contributed by atoms with van der Waals surface area (Å²) >= 11 is 0. The molecule has 1 aromatic rings. The molecule has 2 rings (SSSR count). The van der Waals surface area contributed by atoms with Crippen molar-refractivity contribution in [3.05, 3.63) is 35.6 Å². The predicted octanol–water partition coefficient (Wildman–Crippen LogP) is 2.16. The summed E-state index contributed by atoms with van der Waals surface area (Å²) in [5.41, 5.74) is 6.43. The Morgan fingerprint density at radius 1 is 1.47 bits per heavy atom. The second kappa shape index (κ2) is 6.15. The predicted molar refractivity (Wildman–Crippen MR) is 72.8 cm³/mol. The fourth-order valence-electron chi connectivity index (χ4n) is 2.71. The monoisotopic (exact) mass is 264 g/mol. The van der Waals surface area contributed by atoms with Crippen LogP contribution in [0.1, 0.15) is 25.3 Å². The van der Waals surface area contributed by atoms with E-state index in [9.17, 15) is 9.18 Å². The molecule has 1 fully saturated rings. The largest absolute Gasteiger partial charge is 0.369 e. The summed E-state index contributed by atoms with van der Waals surface area (Å²) in [6, 6.07) is 6.65. The summed E-state index contributed by atoms with van der Waals surface area (Å²) in [6.07, 6.45) is 1.98. The highest BCUT2D eigenvalue weighted by molar-refractivity contribution is 5.76. The lowest BCUT2D eigenvalue weighted by molar-refractivity contribution is -0.121. The molecule has 3 nitrogen and oxygen atoms in total. The molecule has 0 radical (unpaired) electrons. The van der Waals surface area contributed by atoms with Crippen LogP contribution in [0, 0.1) is 17.7 Å². The number of nitrogens with zero attached hydrogens (tertiary/aromatic N) is 1. The first kappa shape index (κ1) is 14.0. The molecule has 0 spiro atoms. The zero-order chi connectivity index (χ0) is 13.8. The van der Waals surface area contributed by atoms with Gasteiger partial charge in [0, 0.05) is 19.0 Å². The van der Waals surface area contributed by atoms with E-state index in [2.05, 4.69) is 4.90 Å². The van der Waals surface area contributed by atoms with Gasteiger partial charge in [0.15, 0.2) is 0 Å². The lowest BCUT2D eigenvalue weighted by Crippen LogP contribution is -2.25. The van der Waals surface area contributed by atoms with Crippen molar-refractivity contribution in [3.63, 3.8) is 0 Å². The summed E-state index contributed by atoms with van der Waals surface area (Å²) in [5, 5.41) is 0. The Labute approximate surface area is 113 Å². The van der Waals surface area contributed by atoms with Crippen molar-refractivity contribution in [2.24, 2.45) is 17.6 Å². The van der Waals surface area contributed by atoms with E-state index in [0.717, 1.165) is 38.0 Å². The molecule has 2 N–H and O–H groups in total. The van der Waals surface area contributed by atoms with Gasteiger partial charge in [0.1, 0.15) is 5.82 Å². The van der Waals surface area contributed by atoms with Crippen LogP contribution in [-0.2, 0) is 11.3 Å². The SMILES string of the molecule is CC(CC1CCN(Cc2ccc(F)cc2)C1)C(N)=O. The standard InChI is InChI=1S/C15H21FN2O/c1-11(15(17)19)8-13-6-7-18(10-13)9-12-2-4-14(16)5-3-12/h2-5,11,13H,6-10H2,1H3,(H2,17,19). The van der Waals surface area contributed by atoms with Gasteiger partial charge >= 0.3 is 0 Å². The molecule has 2 atom stereocenters. The molecule has 1 heterocycles. The van der Waals surface area contributed by atoms with Crippen LogP contribution < -0.4 is 5.73 Å². The molecule has 4 heteroatoms. The van der Waals surface area contributed by atoms with E-state index in [-0.39, 0.29) is 17.6 Å².